The molecule has 1 atom stereocenters. The van der Waals surface area contributed by atoms with Gasteiger partial charge in [0.2, 0.25) is 0 Å². The van der Waals surface area contributed by atoms with Crippen LogP contribution in [0.25, 0.3) is 0 Å². The van der Waals surface area contributed by atoms with Crippen LogP contribution in [0.1, 0.15) is 22.2 Å². The van der Waals surface area contributed by atoms with Gasteiger partial charge >= 0.3 is 0 Å². The molecule has 0 bridgehead atoms. The predicted octanol–water partition coefficient (Wildman–Crippen LogP) is 3.87. The van der Waals surface area contributed by atoms with Crippen molar-refractivity contribution in [3.63, 3.8) is 0 Å². The Kier molecular flexibility index (Phi) is 6.64. The molecule has 25 heavy (non-hydrogen) atoms. The highest BCUT2D eigenvalue weighted by Crippen LogP contribution is 2.25. The molecular formula is C19H23BrN2O2S. The molecule has 0 aliphatic carbocycles. The fourth-order valence-corrected chi connectivity index (χ4v) is 4.38. The van der Waals surface area contributed by atoms with Crippen LogP contribution in [-0.2, 0) is 11.3 Å². The van der Waals surface area contributed by atoms with E-state index in [9.17, 15) is 4.79 Å². The zero-order chi connectivity index (χ0) is 17.6. The molecule has 0 saturated carbocycles. The third-order valence-corrected chi connectivity index (χ3v) is 6.01. The fourth-order valence-electron chi connectivity index (χ4n) is 3.03. The molecule has 6 heteroatoms. The molecule has 2 aromatic rings. The van der Waals surface area contributed by atoms with Gasteiger partial charge in [-0.15, -0.1) is 11.3 Å². The minimum atomic E-state index is 0.0975. The Balaban J connectivity index is 1.76. The SMILES string of the molecule is CC(CN1CCOCC1)N(Cc1ccccc1)C(=O)c1ccc(Br)s1. The molecule has 1 fully saturated rings. The van der Waals surface area contributed by atoms with Crippen LogP contribution in [0, 0.1) is 0 Å². The highest BCUT2D eigenvalue weighted by atomic mass is 79.9. The zero-order valence-electron chi connectivity index (χ0n) is 14.4. The molecule has 1 aromatic heterocycles. The Morgan fingerprint density at radius 3 is 2.60 bits per heavy atom. The van der Waals surface area contributed by atoms with E-state index in [4.69, 9.17) is 4.74 Å². The van der Waals surface area contributed by atoms with Gasteiger partial charge in [-0.2, -0.15) is 0 Å². The van der Waals surface area contributed by atoms with Crippen molar-refractivity contribution in [1.82, 2.24) is 9.80 Å². The third-order valence-electron chi connectivity index (χ3n) is 4.40. The normalized spacial score (nSPS) is 16.6. The molecule has 1 aliphatic heterocycles. The van der Waals surface area contributed by atoms with Gasteiger partial charge in [-0.25, -0.2) is 0 Å². The molecule has 0 spiro atoms. The number of amides is 1. The van der Waals surface area contributed by atoms with Gasteiger partial charge in [0.1, 0.15) is 0 Å². The minimum absolute atomic E-state index is 0.0975. The molecule has 4 nitrogen and oxygen atoms in total. The lowest BCUT2D eigenvalue weighted by Gasteiger charge is -2.35. The van der Waals surface area contributed by atoms with E-state index < -0.39 is 0 Å². The van der Waals surface area contributed by atoms with Crippen LogP contribution >= 0.6 is 27.3 Å². The van der Waals surface area contributed by atoms with Crippen LogP contribution < -0.4 is 0 Å². The molecule has 3 rings (SSSR count). The summed E-state index contributed by atoms with van der Waals surface area (Å²) in [5.74, 6) is 0.0975. The van der Waals surface area contributed by atoms with E-state index in [-0.39, 0.29) is 11.9 Å². The van der Waals surface area contributed by atoms with Gasteiger partial charge in [0.15, 0.2) is 0 Å². The van der Waals surface area contributed by atoms with Crippen molar-refractivity contribution in [2.45, 2.75) is 19.5 Å². The van der Waals surface area contributed by atoms with Gasteiger partial charge in [-0.3, -0.25) is 9.69 Å². The van der Waals surface area contributed by atoms with E-state index in [2.05, 4.69) is 39.9 Å². The Labute approximate surface area is 161 Å². The van der Waals surface area contributed by atoms with E-state index in [0.29, 0.717) is 6.54 Å². The predicted molar refractivity (Wildman–Crippen MR) is 105 cm³/mol. The summed E-state index contributed by atoms with van der Waals surface area (Å²) >= 11 is 4.95. The fraction of sp³-hybridized carbons (Fsp3) is 0.421. The third kappa shape index (κ3) is 5.14. The zero-order valence-corrected chi connectivity index (χ0v) is 16.8. The van der Waals surface area contributed by atoms with Gasteiger partial charge in [0.05, 0.1) is 21.9 Å². The van der Waals surface area contributed by atoms with Crippen LogP contribution in [0.5, 0.6) is 0 Å². The summed E-state index contributed by atoms with van der Waals surface area (Å²) < 4.78 is 6.41. The van der Waals surface area contributed by atoms with Crippen LogP contribution in [0.3, 0.4) is 0 Å². The van der Waals surface area contributed by atoms with Crippen LogP contribution in [0.2, 0.25) is 0 Å². The molecule has 0 N–H and O–H groups in total. The number of thiophene rings is 1. The summed E-state index contributed by atoms with van der Waals surface area (Å²) in [5, 5.41) is 0. The summed E-state index contributed by atoms with van der Waals surface area (Å²) in [4.78, 5) is 18.3. The monoisotopic (exact) mass is 422 g/mol. The second kappa shape index (κ2) is 8.94. The number of hydrogen-bond donors (Lipinski definition) is 0. The number of halogens is 1. The lowest BCUT2D eigenvalue weighted by Crippen LogP contribution is -2.47. The van der Waals surface area contributed by atoms with E-state index >= 15 is 0 Å². The molecular weight excluding hydrogens is 400 g/mol. The van der Waals surface area contributed by atoms with Crippen molar-refractivity contribution < 1.29 is 9.53 Å². The number of rotatable bonds is 6. The molecule has 0 radical (unpaired) electrons. The van der Waals surface area contributed by atoms with Gasteiger partial charge in [0.25, 0.3) is 5.91 Å². The maximum absolute atomic E-state index is 13.1. The maximum Gasteiger partial charge on any atom is 0.264 e. The van der Waals surface area contributed by atoms with Crippen molar-refractivity contribution in [2.24, 2.45) is 0 Å². The molecule has 1 aliphatic rings. The highest BCUT2D eigenvalue weighted by molar-refractivity contribution is 9.11. The van der Waals surface area contributed by atoms with Gasteiger partial charge in [-0.05, 0) is 40.5 Å². The Bertz CT molecular complexity index is 686. The largest absolute Gasteiger partial charge is 0.379 e. The summed E-state index contributed by atoms with van der Waals surface area (Å²) in [6.07, 6.45) is 0. The van der Waals surface area contributed by atoms with Crippen molar-refractivity contribution >= 4 is 33.2 Å². The van der Waals surface area contributed by atoms with E-state index in [1.807, 2.05) is 35.2 Å². The first-order chi connectivity index (χ1) is 12.1. The van der Waals surface area contributed by atoms with Crippen molar-refractivity contribution in [1.29, 1.82) is 0 Å². The maximum atomic E-state index is 13.1. The lowest BCUT2D eigenvalue weighted by atomic mass is 10.1. The number of benzene rings is 1. The standard InChI is InChI=1S/C19H23BrN2O2S/c1-15(13-21-9-11-24-12-10-21)22(14-16-5-3-2-4-6-16)19(23)17-7-8-18(20)25-17/h2-8,15H,9-14H2,1H3. The van der Waals surface area contributed by atoms with Crippen molar-refractivity contribution in [3.8, 4) is 0 Å². The molecule has 134 valence electrons. The van der Waals surface area contributed by atoms with Crippen LogP contribution in [0.15, 0.2) is 46.3 Å². The molecule has 2 heterocycles. The second-order valence-electron chi connectivity index (χ2n) is 6.28. The van der Waals surface area contributed by atoms with Crippen LogP contribution in [-0.4, -0.2) is 54.6 Å². The average Bonchev–Trinajstić information content (AvgIpc) is 3.07. The molecule has 1 aromatic carbocycles. The van der Waals surface area contributed by atoms with E-state index in [0.717, 1.165) is 47.1 Å². The average molecular weight is 423 g/mol. The summed E-state index contributed by atoms with van der Waals surface area (Å²) in [6.45, 7) is 7.05. The van der Waals surface area contributed by atoms with Gasteiger partial charge in [0, 0.05) is 32.2 Å². The first-order valence-electron chi connectivity index (χ1n) is 8.54. The molecule has 1 unspecified atom stereocenters. The number of carbonyl (C=O) groups is 1. The quantitative estimate of drug-likeness (QED) is 0.707. The second-order valence-corrected chi connectivity index (χ2v) is 8.75. The van der Waals surface area contributed by atoms with E-state index in [1.165, 1.54) is 11.3 Å². The minimum Gasteiger partial charge on any atom is -0.379 e. The van der Waals surface area contributed by atoms with Crippen molar-refractivity contribution in [3.05, 3.63) is 56.7 Å². The number of ether oxygens (including phenoxy) is 1. The number of hydrogen-bond acceptors (Lipinski definition) is 4. The topological polar surface area (TPSA) is 32.8 Å². The summed E-state index contributed by atoms with van der Waals surface area (Å²) in [5.41, 5.74) is 1.15. The van der Waals surface area contributed by atoms with Gasteiger partial charge in [-0.1, -0.05) is 30.3 Å². The smallest absolute Gasteiger partial charge is 0.264 e. The number of carbonyl (C=O) groups excluding carboxylic acids is 1. The Hall–Kier alpha value is -1.21. The number of morpholine rings is 1. The summed E-state index contributed by atoms with van der Waals surface area (Å²) in [7, 11) is 0. The Morgan fingerprint density at radius 1 is 1.24 bits per heavy atom. The first-order valence-corrected chi connectivity index (χ1v) is 10.1. The van der Waals surface area contributed by atoms with Crippen molar-refractivity contribution in [2.75, 3.05) is 32.8 Å². The Morgan fingerprint density at radius 2 is 1.96 bits per heavy atom. The van der Waals surface area contributed by atoms with Crippen LogP contribution in [0.4, 0.5) is 0 Å². The first kappa shape index (κ1) is 18.6. The molecule has 1 saturated heterocycles. The number of nitrogens with zero attached hydrogens (tertiary/aromatic N) is 2. The lowest BCUT2D eigenvalue weighted by molar-refractivity contribution is 0.0229. The van der Waals surface area contributed by atoms with Gasteiger partial charge < -0.3 is 9.64 Å². The molecule has 1 amide bonds. The summed E-state index contributed by atoms with van der Waals surface area (Å²) in [6, 6.07) is 14.2. The van der Waals surface area contributed by atoms with E-state index in [1.54, 1.807) is 0 Å². The highest BCUT2D eigenvalue weighted by Gasteiger charge is 2.25.